The Balaban J connectivity index is 1.74. The van der Waals surface area contributed by atoms with Crippen LogP contribution in [0.1, 0.15) is 30.4 Å². The third-order valence-corrected chi connectivity index (χ3v) is 6.66. The first-order valence-corrected chi connectivity index (χ1v) is 10.7. The van der Waals surface area contributed by atoms with Crippen LogP contribution in [0.4, 0.5) is 0 Å². The lowest BCUT2D eigenvalue weighted by atomic mass is 9.85. The quantitative estimate of drug-likeness (QED) is 0.790. The van der Waals surface area contributed by atoms with Crippen LogP contribution in [0, 0.1) is 11.3 Å². The van der Waals surface area contributed by atoms with Crippen LogP contribution in [0.5, 0.6) is 11.5 Å². The minimum Gasteiger partial charge on any atom is -0.497 e. The van der Waals surface area contributed by atoms with Crippen molar-refractivity contribution in [3.8, 4) is 17.6 Å². The molecule has 4 rings (SSSR count). The van der Waals surface area contributed by atoms with Crippen molar-refractivity contribution < 1.29 is 19.4 Å². The first kappa shape index (κ1) is 20.3. The van der Waals surface area contributed by atoms with Gasteiger partial charge < -0.3 is 14.6 Å². The zero-order chi connectivity index (χ0) is 21.3. The van der Waals surface area contributed by atoms with Crippen LogP contribution in [-0.4, -0.2) is 35.4 Å². The number of allylic oxidation sites excluding steroid dienone is 1. The van der Waals surface area contributed by atoms with E-state index in [1.807, 2.05) is 31.2 Å². The number of thioether (sulfide) groups is 1. The molecule has 2 aromatic carbocycles. The van der Waals surface area contributed by atoms with Crippen molar-refractivity contribution in [1.82, 2.24) is 4.90 Å². The highest BCUT2D eigenvalue weighted by Crippen LogP contribution is 2.51. The Morgan fingerprint density at radius 1 is 1.27 bits per heavy atom. The van der Waals surface area contributed by atoms with Crippen LogP contribution in [0.15, 0.2) is 59.1 Å². The second-order valence-electron chi connectivity index (χ2n) is 7.16. The summed E-state index contributed by atoms with van der Waals surface area (Å²) in [6.07, 6.45) is 0.111. The van der Waals surface area contributed by atoms with E-state index in [-0.39, 0.29) is 24.0 Å². The summed E-state index contributed by atoms with van der Waals surface area (Å²) >= 11 is 1.34. The standard InChI is InChI=1S/C23H22N2O4S/c1-3-29-17-9-7-16(8-10-17)23(27)14-30-22-20(13-24)19(12-21(26)25(22)23)15-5-4-6-18(11-15)28-2/h4-11,19,27H,3,12,14H2,1-2H3/t19-,23-/m0/s1. The molecule has 154 valence electrons. The summed E-state index contributed by atoms with van der Waals surface area (Å²) in [4.78, 5) is 14.6. The van der Waals surface area contributed by atoms with E-state index in [1.54, 1.807) is 31.4 Å². The monoisotopic (exact) mass is 422 g/mol. The smallest absolute Gasteiger partial charge is 0.231 e. The van der Waals surface area contributed by atoms with E-state index in [0.29, 0.717) is 34.3 Å². The van der Waals surface area contributed by atoms with E-state index in [0.717, 1.165) is 5.56 Å². The van der Waals surface area contributed by atoms with Gasteiger partial charge in [0.05, 0.1) is 36.1 Å². The van der Waals surface area contributed by atoms with Gasteiger partial charge in [-0.2, -0.15) is 5.26 Å². The van der Waals surface area contributed by atoms with Crippen molar-refractivity contribution in [2.75, 3.05) is 19.5 Å². The maximum Gasteiger partial charge on any atom is 0.231 e. The van der Waals surface area contributed by atoms with Crippen LogP contribution in [-0.2, 0) is 10.5 Å². The summed E-state index contributed by atoms with van der Waals surface area (Å²) in [6.45, 7) is 2.45. The normalized spacial score (nSPS) is 23.2. The summed E-state index contributed by atoms with van der Waals surface area (Å²) in [5, 5.41) is 21.9. The molecule has 0 spiro atoms. The van der Waals surface area contributed by atoms with Gasteiger partial charge in [-0.05, 0) is 36.8 Å². The Hall–Kier alpha value is -2.95. The third-order valence-electron chi connectivity index (χ3n) is 5.43. The number of ether oxygens (including phenoxy) is 2. The van der Waals surface area contributed by atoms with Crippen LogP contribution < -0.4 is 9.47 Å². The molecule has 2 aliphatic rings. The van der Waals surface area contributed by atoms with Gasteiger partial charge in [-0.1, -0.05) is 24.3 Å². The lowest BCUT2D eigenvalue weighted by molar-refractivity contribution is -0.149. The van der Waals surface area contributed by atoms with Crippen LogP contribution in [0.25, 0.3) is 0 Å². The van der Waals surface area contributed by atoms with Crippen LogP contribution in [0.3, 0.4) is 0 Å². The maximum absolute atomic E-state index is 13.2. The Morgan fingerprint density at radius 2 is 2.03 bits per heavy atom. The number of benzene rings is 2. The lowest BCUT2D eigenvalue weighted by Crippen LogP contribution is -2.48. The topological polar surface area (TPSA) is 82.8 Å². The number of hydrogen-bond donors (Lipinski definition) is 1. The average Bonchev–Trinajstić information content (AvgIpc) is 3.13. The third kappa shape index (κ3) is 3.32. The molecule has 6 nitrogen and oxygen atoms in total. The molecule has 30 heavy (non-hydrogen) atoms. The highest BCUT2D eigenvalue weighted by molar-refractivity contribution is 8.03. The molecule has 1 saturated heterocycles. The molecule has 1 fully saturated rings. The molecular weight excluding hydrogens is 400 g/mol. The molecule has 2 atom stereocenters. The first-order chi connectivity index (χ1) is 14.5. The van der Waals surface area contributed by atoms with E-state index in [4.69, 9.17) is 9.47 Å². The Labute approximate surface area is 179 Å². The number of carbonyl (C=O) groups is 1. The molecule has 1 N–H and O–H groups in total. The van der Waals surface area contributed by atoms with Crippen LogP contribution in [0.2, 0.25) is 0 Å². The number of carbonyl (C=O) groups excluding carboxylic acids is 1. The highest BCUT2D eigenvalue weighted by atomic mass is 32.2. The number of fused-ring (bicyclic) bond motifs is 1. The molecule has 2 aliphatic heterocycles. The Morgan fingerprint density at radius 3 is 2.70 bits per heavy atom. The SMILES string of the molecule is CCOc1ccc([C@@]2(O)CSC3=C(C#N)[C@H](c4cccc(OC)c4)CC(=O)N32)cc1. The fourth-order valence-electron chi connectivity index (χ4n) is 3.97. The number of nitrogens with zero attached hydrogens (tertiary/aromatic N) is 2. The summed E-state index contributed by atoms with van der Waals surface area (Å²) in [6, 6.07) is 16.8. The molecule has 0 aliphatic carbocycles. The van der Waals surface area contributed by atoms with Crippen LogP contribution >= 0.6 is 11.8 Å². The number of rotatable bonds is 5. The predicted octanol–water partition coefficient (Wildman–Crippen LogP) is 3.74. The largest absolute Gasteiger partial charge is 0.497 e. The maximum atomic E-state index is 13.2. The van der Waals surface area contributed by atoms with Gasteiger partial charge in [-0.25, -0.2) is 0 Å². The molecule has 0 radical (unpaired) electrons. The minimum atomic E-state index is -1.50. The molecule has 2 aromatic rings. The van der Waals surface area contributed by atoms with Gasteiger partial charge in [-0.15, -0.1) is 11.8 Å². The van der Waals surface area contributed by atoms with Gasteiger partial charge in [0.1, 0.15) is 11.5 Å². The Kier molecular flexibility index (Phi) is 5.46. The Bertz CT molecular complexity index is 1040. The van der Waals surface area contributed by atoms with Crippen molar-refractivity contribution in [2.45, 2.75) is 25.0 Å². The summed E-state index contributed by atoms with van der Waals surface area (Å²) < 4.78 is 10.8. The van der Waals surface area contributed by atoms with E-state index in [2.05, 4.69) is 6.07 Å². The molecule has 0 bridgehead atoms. The second-order valence-corrected chi connectivity index (χ2v) is 8.12. The van der Waals surface area contributed by atoms with E-state index in [1.165, 1.54) is 16.7 Å². The lowest BCUT2D eigenvalue weighted by Gasteiger charge is -2.38. The number of hydrogen-bond acceptors (Lipinski definition) is 6. The minimum absolute atomic E-state index is 0.111. The van der Waals surface area contributed by atoms with Crippen molar-refractivity contribution in [1.29, 1.82) is 5.26 Å². The fourth-order valence-corrected chi connectivity index (χ4v) is 5.33. The highest BCUT2D eigenvalue weighted by Gasteiger charge is 2.51. The summed E-state index contributed by atoms with van der Waals surface area (Å²) in [5.74, 6) is 1.07. The van der Waals surface area contributed by atoms with Crippen molar-refractivity contribution in [2.24, 2.45) is 0 Å². The molecule has 2 heterocycles. The average molecular weight is 423 g/mol. The first-order valence-electron chi connectivity index (χ1n) is 9.71. The van der Waals surface area contributed by atoms with Gasteiger partial charge in [0.2, 0.25) is 5.91 Å². The van der Waals surface area contributed by atoms with Gasteiger partial charge in [0, 0.05) is 17.9 Å². The number of methoxy groups -OCH3 is 1. The molecular formula is C23H22N2O4S. The van der Waals surface area contributed by atoms with Gasteiger partial charge in [0.15, 0.2) is 5.72 Å². The molecule has 0 aromatic heterocycles. The molecule has 1 amide bonds. The summed E-state index contributed by atoms with van der Waals surface area (Å²) in [5.41, 5.74) is 0.445. The molecule has 0 saturated carbocycles. The number of nitriles is 1. The van der Waals surface area contributed by atoms with Crippen molar-refractivity contribution in [3.63, 3.8) is 0 Å². The van der Waals surface area contributed by atoms with Crippen molar-refractivity contribution in [3.05, 3.63) is 70.3 Å². The van der Waals surface area contributed by atoms with Gasteiger partial charge in [0.25, 0.3) is 0 Å². The van der Waals surface area contributed by atoms with E-state index >= 15 is 0 Å². The number of amides is 1. The number of aliphatic hydroxyl groups is 1. The molecule has 7 heteroatoms. The zero-order valence-electron chi connectivity index (χ0n) is 16.8. The van der Waals surface area contributed by atoms with E-state index in [9.17, 15) is 15.2 Å². The van der Waals surface area contributed by atoms with Crippen molar-refractivity contribution >= 4 is 17.7 Å². The van der Waals surface area contributed by atoms with Gasteiger partial charge >= 0.3 is 0 Å². The summed E-state index contributed by atoms with van der Waals surface area (Å²) in [7, 11) is 1.58. The molecule has 0 unspecified atom stereocenters. The van der Waals surface area contributed by atoms with E-state index < -0.39 is 5.72 Å². The fraction of sp³-hybridized carbons (Fsp3) is 0.304. The second kappa shape index (κ2) is 8.05. The van der Waals surface area contributed by atoms with Gasteiger partial charge in [-0.3, -0.25) is 9.69 Å². The predicted molar refractivity (Wildman–Crippen MR) is 114 cm³/mol. The zero-order valence-corrected chi connectivity index (χ0v) is 17.6.